The average Bonchev–Trinajstić information content (AvgIpc) is 2.66. The van der Waals surface area contributed by atoms with E-state index in [9.17, 15) is 19.2 Å². The largest absolute Gasteiger partial charge is 0.338 e. The van der Waals surface area contributed by atoms with E-state index >= 15 is 0 Å². The first-order chi connectivity index (χ1) is 12.1. The normalized spacial score (nSPS) is 16.5. The van der Waals surface area contributed by atoms with Crippen molar-refractivity contribution in [3.05, 3.63) is 70.3 Å². The molecule has 2 aromatic rings. The van der Waals surface area contributed by atoms with E-state index in [0.717, 1.165) is 0 Å². The molecule has 0 atom stereocenters. The van der Waals surface area contributed by atoms with Gasteiger partial charge in [-0.25, -0.2) is 0 Å². The molecule has 1 amide bonds. The lowest BCUT2D eigenvalue weighted by Crippen LogP contribution is -2.38. The molecule has 1 heterocycles. The van der Waals surface area contributed by atoms with Gasteiger partial charge in [0.15, 0.2) is 11.6 Å². The molecule has 0 aromatic heterocycles. The van der Waals surface area contributed by atoms with Gasteiger partial charge in [0, 0.05) is 53.7 Å². The standard InChI is InChI=1S/C20H15NO4/c22-13-7-9-21(10-8-13)20(25)12-5-6-16-17(11-12)19(24)15-4-2-1-3-14(15)18(16)23/h1-6,11H,7-10H2. The number of carbonyl (C=O) groups excluding carboxylic acids is 4. The Morgan fingerprint density at radius 2 is 1.32 bits per heavy atom. The summed E-state index contributed by atoms with van der Waals surface area (Å²) in [7, 11) is 0. The monoisotopic (exact) mass is 333 g/mol. The fourth-order valence-corrected chi connectivity index (χ4v) is 3.37. The SMILES string of the molecule is O=C1CCN(C(=O)c2ccc3c(c2)C(=O)c2ccccc2C3=O)CC1. The third-order valence-electron chi connectivity index (χ3n) is 4.78. The highest BCUT2D eigenvalue weighted by Gasteiger charge is 2.30. The van der Waals surface area contributed by atoms with Crippen LogP contribution in [0, 0.1) is 0 Å². The fraction of sp³-hybridized carbons (Fsp3) is 0.200. The third kappa shape index (κ3) is 2.48. The van der Waals surface area contributed by atoms with Crippen molar-refractivity contribution in [1.29, 1.82) is 0 Å². The highest BCUT2D eigenvalue weighted by molar-refractivity contribution is 6.28. The molecular formula is C20H15NO4. The summed E-state index contributed by atoms with van der Waals surface area (Å²) >= 11 is 0. The molecule has 2 aromatic carbocycles. The summed E-state index contributed by atoms with van der Waals surface area (Å²) in [6, 6.07) is 11.3. The van der Waals surface area contributed by atoms with Crippen LogP contribution in [0.1, 0.15) is 55.0 Å². The van der Waals surface area contributed by atoms with E-state index in [1.165, 1.54) is 6.07 Å². The van der Waals surface area contributed by atoms with Crippen LogP contribution < -0.4 is 0 Å². The summed E-state index contributed by atoms with van der Waals surface area (Å²) in [4.78, 5) is 50.9. The Bertz CT molecular complexity index is 934. The predicted molar refractivity (Wildman–Crippen MR) is 89.9 cm³/mol. The van der Waals surface area contributed by atoms with Crippen molar-refractivity contribution in [3.8, 4) is 0 Å². The Morgan fingerprint density at radius 3 is 1.96 bits per heavy atom. The Morgan fingerprint density at radius 1 is 0.760 bits per heavy atom. The van der Waals surface area contributed by atoms with Crippen molar-refractivity contribution in [2.75, 3.05) is 13.1 Å². The predicted octanol–water partition coefficient (Wildman–Crippen LogP) is 2.27. The number of hydrogen-bond acceptors (Lipinski definition) is 4. The first kappa shape index (κ1) is 15.4. The molecule has 0 bridgehead atoms. The van der Waals surface area contributed by atoms with Crippen LogP contribution in [0.5, 0.6) is 0 Å². The molecule has 0 N–H and O–H groups in total. The third-order valence-corrected chi connectivity index (χ3v) is 4.78. The topological polar surface area (TPSA) is 71.5 Å². The average molecular weight is 333 g/mol. The van der Waals surface area contributed by atoms with Crippen LogP contribution >= 0.6 is 0 Å². The summed E-state index contributed by atoms with van der Waals surface area (Å²) in [5.41, 5.74) is 1.73. The van der Waals surface area contributed by atoms with Crippen molar-refractivity contribution < 1.29 is 19.2 Å². The second-order valence-corrected chi connectivity index (χ2v) is 6.30. The minimum absolute atomic E-state index is 0.159. The van der Waals surface area contributed by atoms with Gasteiger partial charge in [-0.15, -0.1) is 0 Å². The highest BCUT2D eigenvalue weighted by atomic mass is 16.2. The molecule has 0 spiro atoms. The quantitative estimate of drug-likeness (QED) is 0.685. The Hall–Kier alpha value is -3.08. The maximum Gasteiger partial charge on any atom is 0.253 e. The van der Waals surface area contributed by atoms with Gasteiger partial charge in [0.2, 0.25) is 0 Å². The maximum absolute atomic E-state index is 12.7. The molecule has 1 aliphatic heterocycles. The van der Waals surface area contributed by atoms with Crippen molar-refractivity contribution in [1.82, 2.24) is 4.90 Å². The molecule has 5 nitrogen and oxygen atoms in total. The Kier molecular flexibility index (Phi) is 3.57. The van der Waals surface area contributed by atoms with E-state index in [4.69, 9.17) is 0 Å². The Labute approximate surface area is 144 Å². The van der Waals surface area contributed by atoms with Gasteiger partial charge >= 0.3 is 0 Å². The van der Waals surface area contributed by atoms with E-state index in [1.54, 1.807) is 41.3 Å². The molecule has 25 heavy (non-hydrogen) atoms. The van der Waals surface area contributed by atoms with Crippen molar-refractivity contribution >= 4 is 23.3 Å². The van der Waals surface area contributed by atoms with Gasteiger partial charge in [-0.1, -0.05) is 24.3 Å². The number of ketones is 3. The minimum Gasteiger partial charge on any atom is -0.338 e. The zero-order valence-corrected chi connectivity index (χ0v) is 13.5. The minimum atomic E-state index is -0.242. The molecular weight excluding hydrogens is 318 g/mol. The molecule has 0 saturated carbocycles. The zero-order valence-electron chi connectivity index (χ0n) is 13.5. The van der Waals surface area contributed by atoms with Crippen LogP contribution in [0.25, 0.3) is 0 Å². The van der Waals surface area contributed by atoms with E-state index in [2.05, 4.69) is 0 Å². The number of piperidine rings is 1. The summed E-state index contributed by atoms with van der Waals surface area (Å²) in [5.74, 6) is -0.497. The fourth-order valence-electron chi connectivity index (χ4n) is 3.37. The van der Waals surface area contributed by atoms with Gasteiger partial charge in [0.1, 0.15) is 5.78 Å². The van der Waals surface area contributed by atoms with Crippen LogP contribution in [0.4, 0.5) is 0 Å². The lowest BCUT2D eigenvalue weighted by molar-refractivity contribution is -0.120. The van der Waals surface area contributed by atoms with Crippen molar-refractivity contribution in [3.63, 3.8) is 0 Å². The van der Waals surface area contributed by atoms with Crippen LogP contribution in [-0.2, 0) is 4.79 Å². The maximum atomic E-state index is 12.7. The molecule has 4 rings (SSSR count). The number of fused-ring (bicyclic) bond motifs is 2. The van der Waals surface area contributed by atoms with Crippen LogP contribution in [0.3, 0.4) is 0 Å². The molecule has 2 aliphatic rings. The van der Waals surface area contributed by atoms with Crippen LogP contribution in [0.15, 0.2) is 42.5 Å². The first-order valence-corrected chi connectivity index (χ1v) is 8.20. The van der Waals surface area contributed by atoms with Crippen LogP contribution in [-0.4, -0.2) is 41.2 Å². The summed E-state index contributed by atoms with van der Waals surface area (Å²) in [6.07, 6.45) is 0.725. The van der Waals surface area contributed by atoms with Crippen LogP contribution in [0.2, 0.25) is 0 Å². The highest BCUT2D eigenvalue weighted by Crippen LogP contribution is 2.28. The number of amides is 1. The van der Waals surface area contributed by atoms with Gasteiger partial charge in [-0.2, -0.15) is 0 Å². The lowest BCUT2D eigenvalue weighted by atomic mass is 9.83. The van der Waals surface area contributed by atoms with Gasteiger partial charge in [0.25, 0.3) is 5.91 Å². The second kappa shape index (κ2) is 5.77. The zero-order chi connectivity index (χ0) is 17.6. The number of likely N-dealkylation sites (tertiary alicyclic amines) is 1. The molecule has 124 valence electrons. The van der Waals surface area contributed by atoms with Crippen molar-refractivity contribution in [2.24, 2.45) is 0 Å². The molecule has 5 heteroatoms. The number of rotatable bonds is 1. The molecule has 1 fully saturated rings. The summed E-state index contributed by atoms with van der Waals surface area (Å²) < 4.78 is 0. The van der Waals surface area contributed by atoms with Gasteiger partial charge in [-0.3, -0.25) is 19.2 Å². The number of benzene rings is 2. The van der Waals surface area contributed by atoms with Gasteiger partial charge in [0.05, 0.1) is 0 Å². The number of nitrogens with zero attached hydrogens (tertiary/aromatic N) is 1. The summed E-state index contributed by atoms with van der Waals surface area (Å²) in [6.45, 7) is 0.787. The number of hydrogen-bond donors (Lipinski definition) is 0. The smallest absolute Gasteiger partial charge is 0.253 e. The number of Topliss-reactive ketones (excluding diaryl/α,β-unsaturated/α-hetero) is 1. The Balaban J connectivity index is 1.71. The van der Waals surface area contributed by atoms with E-state index in [1.807, 2.05) is 0 Å². The summed E-state index contributed by atoms with van der Waals surface area (Å²) in [5, 5.41) is 0. The molecule has 0 radical (unpaired) electrons. The lowest BCUT2D eigenvalue weighted by Gasteiger charge is -2.26. The molecule has 1 aliphatic carbocycles. The van der Waals surface area contributed by atoms with Crippen molar-refractivity contribution in [2.45, 2.75) is 12.8 Å². The van der Waals surface area contributed by atoms with E-state index in [-0.39, 0.29) is 28.8 Å². The van der Waals surface area contributed by atoms with Gasteiger partial charge < -0.3 is 4.90 Å². The molecule has 1 saturated heterocycles. The second-order valence-electron chi connectivity index (χ2n) is 6.30. The van der Waals surface area contributed by atoms with Gasteiger partial charge in [-0.05, 0) is 18.2 Å². The van der Waals surface area contributed by atoms with E-state index < -0.39 is 0 Å². The van der Waals surface area contributed by atoms with E-state index in [0.29, 0.717) is 48.2 Å². The molecule has 0 unspecified atom stereocenters. The number of carbonyl (C=O) groups is 4. The first-order valence-electron chi connectivity index (χ1n) is 8.20.